The van der Waals surface area contributed by atoms with Crippen molar-refractivity contribution in [1.29, 1.82) is 0 Å². The van der Waals surface area contributed by atoms with Crippen LogP contribution >= 0.6 is 0 Å². The third kappa shape index (κ3) is 5.40. The molecular formula is C23H32N4O3. The number of benzene rings is 1. The summed E-state index contributed by atoms with van der Waals surface area (Å²) in [7, 11) is 0. The maximum Gasteiger partial charge on any atom is 0.408 e. The molecule has 7 nitrogen and oxygen atoms in total. The quantitative estimate of drug-likeness (QED) is 0.826. The van der Waals surface area contributed by atoms with Gasteiger partial charge in [0.1, 0.15) is 11.6 Å². The topological polar surface area (TPSA) is 76.5 Å². The fraction of sp³-hybridized carbons (Fsp3) is 0.522. The van der Waals surface area contributed by atoms with Crippen LogP contribution in [-0.4, -0.2) is 45.4 Å². The Morgan fingerprint density at radius 3 is 2.40 bits per heavy atom. The van der Waals surface area contributed by atoms with Crippen LogP contribution in [-0.2, 0) is 9.53 Å². The Balaban J connectivity index is 1.74. The molecule has 2 aromatic rings. The molecule has 7 heteroatoms. The zero-order chi connectivity index (χ0) is 21.9. The third-order valence-electron chi connectivity index (χ3n) is 5.29. The maximum atomic E-state index is 13.4. The summed E-state index contributed by atoms with van der Waals surface area (Å²) in [5, 5.41) is 7.22. The number of ether oxygens (including phenoxy) is 1. The van der Waals surface area contributed by atoms with Crippen molar-refractivity contribution in [2.45, 2.75) is 65.1 Å². The molecule has 2 amide bonds. The second kappa shape index (κ2) is 8.90. The van der Waals surface area contributed by atoms with Crippen molar-refractivity contribution in [2.75, 3.05) is 13.1 Å². The van der Waals surface area contributed by atoms with Crippen LogP contribution in [0.5, 0.6) is 0 Å². The lowest BCUT2D eigenvalue weighted by Gasteiger charge is -2.35. The summed E-state index contributed by atoms with van der Waals surface area (Å²) in [6.45, 7) is 10.6. The number of aryl methyl sites for hydroxylation is 2. The van der Waals surface area contributed by atoms with Gasteiger partial charge in [0.25, 0.3) is 0 Å². The number of hydrogen-bond donors (Lipinski definition) is 1. The van der Waals surface area contributed by atoms with Crippen LogP contribution in [0.25, 0.3) is 0 Å². The molecule has 1 aliphatic rings. The Morgan fingerprint density at radius 1 is 1.17 bits per heavy atom. The van der Waals surface area contributed by atoms with Gasteiger partial charge < -0.3 is 15.0 Å². The molecule has 1 aromatic heterocycles. The van der Waals surface area contributed by atoms with Crippen LogP contribution in [0.1, 0.15) is 62.4 Å². The number of nitrogens with zero attached hydrogens (tertiary/aromatic N) is 3. The molecular weight excluding hydrogens is 380 g/mol. The fourth-order valence-electron chi connectivity index (χ4n) is 3.77. The van der Waals surface area contributed by atoms with Gasteiger partial charge in [-0.2, -0.15) is 5.10 Å². The van der Waals surface area contributed by atoms with E-state index in [0.717, 1.165) is 29.5 Å². The average Bonchev–Trinajstić information content (AvgIpc) is 3.11. The Kier molecular flexibility index (Phi) is 6.48. The summed E-state index contributed by atoms with van der Waals surface area (Å²) in [5.74, 6) is -0.106. The lowest BCUT2D eigenvalue weighted by Crippen LogP contribution is -2.47. The summed E-state index contributed by atoms with van der Waals surface area (Å²) in [6, 6.07) is 7.15. The lowest BCUT2D eigenvalue weighted by atomic mass is 9.98. The van der Waals surface area contributed by atoms with E-state index in [4.69, 9.17) is 4.74 Å². The van der Waals surface area contributed by atoms with Gasteiger partial charge in [-0.3, -0.25) is 9.48 Å². The Labute approximate surface area is 178 Å². The normalized spacial score (nSPS) is 16.2. The molecule has 1 fully saturated rings. The largest absolute Gasteiger partial charge is 0.444 e. The molecule has 0 saturated carbocycles. The zero-order valence-corrected chi connectivity index (χ0v) is 18.5. The molecule has 0 bridgehead atoms. The lowest BCUT2D eigenvalue weighted by molar-refractivity contribution is -0.135. The van der Waals surface area contributed by atoms with Gasteiger partial charge >= 0.3 is 6.09 Å². The minimum absolute atomic E-state index is 0.106. The van der Waals surface area contributed by atoms with E-state index in [9.17, 15) is 9.59 Å². The summed E-state index contributed by atoms with van der Waals surface area (Å²) in [6.07, 6.45) is 4.98. The van der Waals surface area contributed by atoms with E-state index in [1.54, 1.807) is 20.8 Å². The van der Waals surface area contributed by atoms with E-state index < -0.39 is 17.7 Å². The first-order valence-corrected chi connectivity index (χ1v) is 10.5. The van der Waals surface area contributed by atoms with Crippen LogP contribution < -0.4 is 5.32 Å². The van der Waals surface area contributed by atoms with Gasteiger partial charge in [-0.1, -0.05) is 24.3 Å². The molecule has 3 rings (SSSR count). The van der Waals surface area contributed by atoms with Crippen molar-refractivity contribution in [2.24, 2.45) is 0 Å². The summed E-state index contributed by atoms with van der Waals surface area (Å²) >= 11 is 0. The third-order valence-corrected chi connectivity index (χ3v) is 5.29. The smallest absolute Gasteiger partial charge is 0.408 e. The van der Waals surface area contributed by atoms with Crippen molar-refractivity contribution in [3.8, 4) is 0 Å². The van der Waals surface area contributed by atoms with Crippen molar-refractivity contribution in [3.63, 3.8) is 0 Å². The number of likely N-dealkylation sites (tertiary alicyclic amines) is 1. The summed E-state index contributed by atoms with van der Waals surface area (Å²) < 4.78 is 7.41. The second-order valence-electron chi connectivity index (χ2n) is 8.99. The standard InChI is InChI=1S/C23H32N4O3/c1-16-14-24-27(15-16)18-10-12-26(13-11-18)21(28)20(19-9-7-6-8-17(19)2)25-22(29)30-23(3,4)5/h6-9,14-15,18,20H,10-13H2,1-5H3,(H,25,29). The van der Waals surface area contributed by atoms with Gasteiger partial charge in [0.05, 0.1) is 12.2 Å². The highest BCUT2D eigenvalue weighted by atomic mass is 16.6. The molecule has 162 valence electrons. The molecule has 1 unspecified atom stereocenters. The fourth-order valence-corrected chi connectivity index (χ4v) is 3.77. The van der Waals surface area contributed by atoms with Gasteiger partial charge in [-0.05, 0) is 64.2 Å². The van der Waals surface area contributed by atoms with Crippen molar-refractivity contribution >= 4 is 12.0 Å². The monoisotopic (exact) mass is 412 g/mol. The van der Waals surface area contributed by atoms with Gasteiger partial charge in [-0.25, -0.2) is 4.79 Å². The number of alkyl carbamates (subject to hydrolysis) is 1. The predicted octanol–water partition coefficient (Wildman–Crippen LogP) is 3.93. The van der Waals surface area contributed by atoms with Crippen molar-refractivity contribution in [3.05, 3.63) is 53.3 Å². The molecule has 1 aromatic carbocycles. The number of nitrogens with one attached hydrogen (secondary N) is 1. The van der Waals surface area contributed by atoms with Crippen LogP contribution in [0.2, 0.25) is 0 Å². The number of rotatable bonds is 4. The number of aromatic nitrogens is 2. The van der Waals surface area contributed by atoms with E-state index in [1.165, 1.54) is 0 Å². The predicted molar refractivity (Wildman–Crippen MR) is 115 cm³/mol. The Bertz CT molecular complexity index is 892. The van der Waals surface area contributed by atoms with Gasteiger partial charge in [0, 0.05) is 19.3 Å². The number of piperidine rings is 1. The summed E-state index contributed by atoms with van der Waals surface area (Å²) in [4.78, 5) is 27.7. The highest BCUT2D eigenvalue weighted by Crippen LogP contribution is 2.26. The number of hydrogen-bond acceptors (Lipinski definition) is 4. The van der Waals surface area contributed by atoms with E-state index in [0.29, 0.717) is 19.1 Å². The van der Waals surface area contributed by atoms with E-state index in [-0.39, 0.29) is 5.91 Å². The first kappa shape index (κ1) is 21.9. The Hall–Kier alpha value is -2.83. The van der Waals surface area contributed by atoms with Gasteiger partial charge in [0.2, 0.25) is 5.91 Å². The number of carbonyl (C=O) groups is 2. The molecule has 1 N–H and O–H groups in total. The minimum atomic E-state index is -0.774. The van der Waals surface area contributed by atoms with Crippen LogP contribution in [0.15, 0.2) is 36.7 Å². The van der Waals surface area contributed by atoms with Crippen molar-refractivity contribution in [1.82, 2.24) is 20.0 Å². The second-order valence-corrected chi connectivity index (χ2v) is 8.99. The first-order chi connectivity index (χ1) is 14.1. The van der Waals surface area contributed by atoms with E-state index >= 15 is 0 Å². The van der Waals surface area contributed by atoms with Crippen LogP contribution in [0, 0.1) is 13.8 Å². The van der Waals surface area contributed by atoms with Crippen LogP contribution in [0.3, 0.4) is 0 Å². The molecule has 0 spiro atoms. The molecule has 1 saturated heterocycles. The van der Waals surface area contributed by atoms with E-state index in [2.05, 4.69) is 10.4 Å². The number of carbonyl (C=O) groups excluding carboxylic acids is 2. The van der Waals surface area contributed by atoms with Gasteiger partial charge in [-0.15, -0.1) is 0 Å². The SMILES string of the molecule is Cc1cnn(C2CCN(C(=O)C(NC(=O)OC(C)(C)C)c3ccccc3C)CC2)c1. The molecule has 30 heavy (non-hydrogen) atoms. The van der Waals surface area contributed by atoms with Crippen LogP contribution in [0.4, 0.5) is 4.79 Å². The van der Waals surface area contributed by atoms with E-state index in [1.807, 2.05) is 60.1 Å². The highest BCUT2D eigenvalue weighted by Gasteiger charge is 2.32. The summed E-state index contributed by atoms with van der Waals surface area (Å²) in [5.41, 5.74) is 2.24. The average molecular weight is 413 g/mol. The Morgan fingerprint density at radius 2 is 1.83 bits per heavy atom. The molecule has 1 atom stereocenters. The molecule has 1 aliphatic heterocycles. The maximum absolute atomic E-state index is 13.4. The molecule has 0 radical (unpaired) electrons. The number of amides is 2. The molecule has 0 aliphatic carbocycles. The highest BCUT2D eigenvalue weighted by molar-refractivity contribution is 5.87. The van der Waals surface area contributed by atoms with Gasteiger partial charge in [0.15, 0.2) is 0 Å². The zero-order valence-electron chi connectivity index (χ0n) is 18.5. The minimum Gasteiger partial charge on any atom is -0.444 e. The first-order valence-electron chi connectivity index (χ1n) is 10.5. The van der Waals surface area contributed by atoms with Crippen molar-refractivity contribution < 1.29 is 14.3 Å². The molecule has 2 heterocycles.